The number of anilines is 1. The summed E-state index contributed by atoms with van der Waals surface area (Å²) >= 11 is 0. The molecule has 1 N–H and O–H groups in total. The molecule has 1 atom stereocenters. The Hall–Kier alpha value is -3.65. The molecule has 7 nitrogen and oxygen atoms in total. The van der Waals surface area contributed by atoms with E-state index in [0.29, 0.717) is 25.1 Å². The van der Waals surface area contributed by atoms with E-state index in [-0.39, 0.29) is 23.3 Å². The predicted octanol–water partition coefficient (Wildman–Crippen LogP) is 4.98. The summed E-state index contributed by atoms with van der Waals surface area (Å²) < 4.78 is 29.2. The van der Waals surface area contributed by atoms with Gasteiger partial charge in [-0.1, -0.05) is 87.0 Å². The summed E-state index contributed by atoms with van der Waals surface area (Å²) in [5.74, 6) is -0.452. The smallest absolute Gasteiger partial charge is 0.264 e. The summed E-state index contributed by atoms with van der Waals surface area (Å²) in [6.07, 6.45) is 1.13. The van der Waals surface area contributed by atoms with E-state index in [2.05, 4.69) is 5.32 Å². The van der Waals surface area contributed by atoms with Gasteiger partial charge in [0, 0.05) is 13.1 Å². The van der Waals surface area contributed by atoms with E-state index in [1.54, 1.807) is 43.3 Å². The van der Waals surface area contributed by atoms with E-state index in [9.17, 15) is 18.0 Å². The lowest BCUT2D eigenvalue weighted by Gasteiger charge is -2.32. The Bertz CT molecular complexity index is 1370. The van der Waals surface area contributed by atoms with Gasteiger partial charge in [-0.3, -0.25) is 13.9 Å². The zero-order valence-electron chi connectivity index (χ0n) is 24.1. The molecule has 0 saturated heterocycles. The fourth-order valence-corrected chi connectivity index (χ4v) is 5.88. The lowest BCUT2D eigenvalue weighted by Crippen LogP contribution is -2.52. The van der Waals surface area contributed by atoms with Gasteiger partial charge in [0.2, 0.25) is 11.8 Å². The van der Waals surface area contributed by atoms with Crippen molar-refractivity contribution in [3.05, 3.63) is 95.6 Å². The molecule has 0 heterocycles. The number of para-hydroxylation sites is 1. The highest BCUT2D eigenvalue weighted by molar-refractivity contribution is 7.92. The molecule has 8 heteroatoms. The van der Waals surface area contributed by atoms with E-state index < -0.39 is 28.5 Å². The highest BCUT2D eigenvalue weighted by Crippen LogP contribution is 2.28. The minimum atomic E-state index is -4.08. The zero-order chi connectivity index (χ0) is 29.3. The van der Waals surface area contributed by atoms with Crippen LogP contribution in [0.4, 0.5) is 5.69 Å². The second kappa shape index (κ2) is 14.1. The molecule has 40 heavy (non-hydrogen) atoms. The molecular weight excluding hydrogens is 522 g/mol. The Labute approximate surface area is 239 Å². The number of hydrogen-bond donors (Lipinski definition) is 1. The normalized spacial score (nSPS) is 12.2. The SMILES string of the molecule is CCc1ccccc1N(CC(=O)N(CCc1ccccc1)[C@@H](C)C(=O)NCC(C)C)S(=O)(=O)c1ccc(C)cc1. The number of rotatable bonds is 13. The summed E-state index contributed by atoms with van der Waals surface area (Å²) in [6, 6.07) is 22.8. The molecule has 3 aromatic rings. The monoisotopic (exact) mass is 563 g/mol. The van der Waals surface area contributed by atoms with Crippen LogP contribution in [0.1, 0.15) is 44.4 Å². The Morgan fingerprint density at radius 3 is 2.12 bits per heavy atom. The van der Waals surface area contributed by atoms with E-state index in [4.69, 9.17) is 0 Å². The third-order valence-electron chi connectivity index (χ3n) is 6.87. The lowest BCUT2D eigenvalue weighted by molar-refractivity contribution is -0.138. The highest BCUT2D eigenvalue weighted by atomic mass is 32.2. The number of benzene rings is 3. The van der Waals surface area contributed by atoms with E-state index in [0.717, 1.165) is 16.7 Å². The average molecular weight is 564 g/mol. The third kappa shape index (κ3) is 7.94. The molecule has 3 rings (SSSR count). The van der Waals surface area contributed by atoms with Crippen LogP contribution in [-0.4, -0.2) is 50.8 Å². The average Bonchev–Trinajstić information content (AvgIpc) is 2.95. The Kier molecular flexibility index (Phi) is 10.9. The van der Waals surface area contributed by atoms with E-state index in [1.165, 1.54) is 9.21 Å². The molecule has 0 saturated carbocycles. The van der Waals surface area contributed by atoms with Crippen molar-refractivity contribution < 1.29 is 18.0 Å². The van der Waals surface area contributed by atoms with Gasteiger partial charge in [0.25, 0.3) is 10.0 Å². The molecule has 2 amide bonds. The van der Waals surface area contributed by atoms with Crippen molar-refractivity contribution in [3.63, 3.8) is 0 Å². The summed E-state index contributed by atoms with van der Waals surface area (Å²) in [6.45, 7) is 9.87. The molecule has 0 fully saturated rings. The number of nitrogens with one attached hydrogen (secondary N) is 1. The first-order chi connectivity index (χ1) is 19.0. The van der Waals surface area contributed by atoms with E-state index in [1.807, 2.05) is 70.2 Å². The summed E-state index contributed by atoms with van der Waals surface area (Å²) in [5, 5.41) is 2.92. The fourth-order valence-electron chi connectivity index (χ4n) is 4.43. The molecule has 0 bridgehead atoms. The molecule has 214 valence electrons. The van der Waals surface area contributed by atoms with Crippen LogP contribution >= 0.6 is 0 Å². The van der Waals surface area contributed by atoms with Crippen LogP contribution in [0.3, 0.4) is 0 Å². The number of carbonyl (C=O) groups excluding carboxylic acids is 2. The maximum atomic E-state index is 14.0. The van der Waals surface area contributed by atoms with Crippen molar-refractivity contribution in [1.82, 2.24) is 10.2 Å². The first-order valence-corrected chi connectivity index (χ1v) is 15.3. The number of sulfonamides is 1. The van der Waals surface area contributed by atoms with Gasteiger partial charge in [0.1, 0.15) is 12.6 Å². The largest absolute Gasteiger partial charge is 0.354 e. The van der Waals surface area contributed by atoms with Crippen LogP contribution in [0.5, 0.6) is 0 Å². The Morgan fingerprint density at radius 1 is 0.875 bits per heavy atom. The third-order valence-corrected chi connectivity index (χ3v) is 8.64. The van der Waals surface area contributed by atoms with Crippen molar-refractivity contribution in [2.75, 3.05) is 23.9 Å². The molecule has 0 radical (unpaired) electrons. The number of aryl methyl sites for hydroxylation is 2. The quantitative estimate of drug-likeness (QED) is 0.318. The van der Waals surface area contributed by atoms with Crippen molar-refractivity contribution >= 4 is 27.5 Å². The Morgan fingerprint density at radius 2 is 1.50 bits per heavy atom. The molecule has 0 aliphatic rings. The van der Waals surface area contributed by atoms with Crippen molar-refractivity contribution in [3.8, 4) is 0 Å². The van der Waals surface area contributed by atoms with Gasteiger partial charge in [-0.25, -0.2) is 8.42 Å². The van der Waals surface area contributed by atoms with Gasteiger partial charge in [-0.15, -0.1) is 0 Å². The van der Waals surface area contributed by atoms with Crippen LogP contribution in [-0.2, 0) is 32.5 Å². The van der Waals surface area contributed by atoms with Crippen LogP contribution in [0.25, 0.3) is 0 Å². The van der Waals surface area contributed by atoms with Gasteiger partial charge < -0.3 is 10.2 Å². The number of nitrogens with zero attached hydrogens (tertiary/aromatic N) is 2. The van der Waals surface area contributed by atoms with Crippen LogP contribution in [0, 0.1) is 12.8 Å². The second-order valence-electron chi connectivity index (χ2n) is 10.4. The minimum absolute atomic E-state index is 0.107. The van der Waals surface area contributed by atoms with Gasteiger partial charge in [-0.2, -0.15) is 0 Å². The van der Waals surface area contributed by atoms with Gasteiger partial charge in [-0.05, 0) is 61.9 Å². The maximum Gasteiger partial charge on any atom is 0.264 e. The number of carbonyl (C=O) groups is 2. The number of amides is 2. The van der Waals surface area contributed by atoms with E-state index >= 15 is 0 Å². The highest BCUT2D eigenvalue weighted by Gasteiger charge is 2.33. The van der Waals surface area contributed by atoms with Crippen molar-refractivity contribution in [1.29, 1.82) is 0 Å². The van der Waals surface area contributed by atoms with Gasteiger partial charge >= 0.3 is 0 Å². The zero-order valence-corrected chi connectivity index (χ0v) is 24.9. The van der Waals surface area contributed by atoms with Crippen molar-refractivity contribution in [2.24, 2.45) is 5.92 Å². The molecule has 0 aliphatic carbocycles. The maximum absolute atomic E-state index is 14.0. The molecular formula is C32H41N3O4S. The van der Waals surface area contributed by atoms with Crippen LogP contribution < -0.4 is 9.62 Å². The van der Waals surface area contributed by atoms with Gasteiger partial charge in [0.05, 0.1) is 10.6 Å². The molecule has 0 aromatic heterocycles. The molecule has 0 spiro atoms. The fraction of sp³-hybridized carbons (Fsp3) is 0.375. The summed E-state index contributed by atoms with van der Waals surface area (Å²) in [5.41, 5.74) is 3.22. The molecule has 0 aliphatic heterocycles. The van der Waals surface area contributed by atoms with Crippen LogP contribution in [0.2, 0.25) is 0 Å². The summed E-state index contributed by atoms with van der Waals surface area (Å²) in [4.78, 5) is 28.7. The predicted molar refractivity (Wildman–Crippen MR) is 161 cm³/mol. The van der Waals surface area contributed by atoms with Crippen molar-refractivity contribution in [2.45, 2.75) is 58.4 Å². The first-order valence-electron chi connectivity index (χ1n) is 13.8. The lowest BCUT2D eigenvalue weighted by atomic mass is 10.1. The van der Waals surface area contributed by atoms with Crippen LogP contribution in [0.15, 0.2) is 83.8 Å². The number of hydrogen-bond acceptors (Lipinski definition) is 4. The molecule has 3 aromatic carbocycles. The topological polar surface area (TPSA) is 86.8 Å². The minimum Gasteiger partial charge on any atom is -0.354 e. The second-order valence-corrected chi connectivity index (χ2v) is 12.3. The molecule has 0 unspecified atom stereocenters. The standard InChI is InChI=1S/C32H41N3O4S/c1-6-28-14-10-11-15-30(28)35(40(38,39)29-18-16-25(4)17-19-29)23-31(36)34(21-20-27-12-8-7-9-13-27)26(5)32(37)33-22-24(2)3/h7-19,24,26H,6,20-23H2,1-5H3,(H,33,37)/t26-/m0/s1. The first kappa shape index (κ1) is 30.9. The van der Waals surface area contributed by atoms with Gasteiger partial charge in [0.15, 0.2) is 0 Å². The summed E-state index contributed by atoms with van der Waals surface area (Å²) in [7, 11) is -4.08. The Balaban J connectivity index is 2.00.